The van der Waals surface area contributed by atoms with Crippen LogP contribution >= 0.6 is 0 Å². The van der Waals surface area contributed by atoms with Crippen LogP contribution in [0.3, 0.4) is 0 Å². The Balaban J connectivity index is 1.64. The standard InChI is InChI=1S/C16H26N2O2/c1-9(2)16(20)17-8-13-10(3)6-14-12(13)7-15(19)18(14)11-4-5-11/h9-14H,4-8H2,1-3H3,(H,17,20)/t10-,12-,13+,14+/m0/s1. The summed E-state index contributed by atoms with van der Waals surface area (Å²) in [7, 11) is 0. The number of amides is 2. The Labute approximate surface area is 121 Å². The molecule has 3 aliphatic rings. The van der Waals surface area contributed by atoms with Crippen molar-refractivity contribution in [3.8, 4) is 0 Å². The quantitative estimate of drug-likeness (QED) is 0.852. The third-order valence-corrected chi connectivity index (χ3v) is 5.42. The zero-order chi connectivity index (χ0) is 14.4. The number of nitrogens with one attached hydrogen (secondary N) is 1. The van der Waals surface area contributed by atoms with E-state index in [1.807, 2.05) is 13.8 Å². The van der Waals surface area contributed by atoms with Crippen molar-refractivity contribution in [2.45, 2.75) is 58.5 Å². The van der Waals surface area contributed by atoms with Gasteiger partial charge in [0.1, 0.15) is 0 Å². The molecule has 0 aromatic heterocycles. The van der Waals surface area contributed by atoms with E-state index in [9.17, 15) is 9.59 Å². The molecular weight excluding hydrogens is 252 g/mol. The van der Waals surface area contributed by atoms with E-state index < -0.39 is 0 Å². The fourth-order valence-electron chi connectivity index (χ4n) is 4.14. The van der Waals surface area contributed by atoms with Gasteiger partial charge in [0, 0.05) is 31.0 Å². The topological polar surface area (TPSA) is 49.4 Å². The molecule has 4 nitrogen and oxygen atoms in total. The third-order valence-electron chi connectivity index (χ3n) is 5.42. The van der Waals surface area contributed by atoms with Gasteiger partial charge in [0.25, 0.3) is 0 Å². The van der Waals surface area contributed by atoms with Crippen molar-refractivity contribution in [3.63, 3.8) is 0 Å². The average Bonchev–Trinajstić information content (AvgIpc) is 3.09. The van der Waals surface area contributed by atoms with E-state index in [2.05, 4.69) is 17.1 Å². The van der Waals surface area contributed by atoms with Crippen LogP contribution in [-0.4, -0.2) is 35.3 Å². The SMILES string of the molecule is CC(C)C(=O)NC[C@H]1[C@@H]2CC(=O)N(C3CC3)[C@@H]2C[C@@H]1C. The number of rotatable bonds is 4. The fourth-order valence-corrected chi connectivity index (χ4v) is 4.14. The molecule has 1 saturated heterocycles. The molecule has 1 heterocycles. The predicted octanol–water partition coefficient (Wildman–Crippen LogP) is 1.79. The summed E-state index contributed by atoms with van der Waals surface area (Å²) in [4.78, 5) is 26.1. The minimum atomic E-state index is 0.0377. The monoisotopic (exact) mass is 278 g/mol. The molecule has 3 rings (SSSR count). The lowest BCUT2D eigenvalue weighted by molar-refractivity contribution is -0.129. The molecule has 2 amide bonds. The van der Waals surface area contributed by atoms with Gasteiger partial charge in [0.05, 0.1) is 0 Å². The van der Waals surface area contributed by atoms with Crippen molar-refractivity contribution in [2.75, 3.05) is 6.54 Å². The van der Waals surface area contributed by atoms with Crippen molar-refractivity contribution in [2.24, 2.45) is 23.7 Å². The number of fused-ring (bicyclic) bond motifs is 1. The summed E-state index contributed by atoms with van der Waals surface area (Å²) in [5.41, 5.74) is 0. The molecule has 0 unspecified atom stereocenters. The third kappa shape index (κ3) is 2.33. The van der Waals surface area contributed by atoms with Crippen LogP contribution in [-0.2, 0) is 9.59 Å². The second-order valence-electron chi connectivity index (χ2n) is 7.24. The van der Waals surface area contributed by atoms with Gasteiger partial charge in [-0.1, -0.05) is 20.8 Å². The number of likely N-dealkylation sites (tertiary alicyclic amines) is 1. The van der Waals surface area contributed by atoms with Crippen LogP contribution < -0.4 is 5.32 Å². The first kappa shape index (κ1) is 13.9. The molecule has 112 valence electrons. The summed E-state index contributed by atoms with van der Waals surface area (Å²) in [6.07, 6.45) is 4.21. The van der Waals surface area contributed by atoms with Crippen LogP contribution in [0, 0.1) is 23.7 Å². The molecule has 20 heavy (non-hydrogen) atoms. The highest BCUT2D eigenvalue weighted by molar-refractivity contribution is 5.80. The van der Waals surface area contributed by atoms with E-state index in [4.69, 9.17) is 0 Å². The van der Waals surface area contributed by atoms with Crippen molar-refractivity contribution in [3.05, 3.63) is 0 Å². The van der Waals surface area contributed by atoms with E-state index >= 15 is 0 Å². The van der Waals surface area contributed by atoms with Crippen molar-refractivity contribution in [1.29, 1.82) is 0 Å². The molecule has 1 N–H and O–H groups in total. The van der Waals surface area contributed by atoms with Gasteiger partial charge < -0.3 is 10.2 Å². The Morgan fingerprint density at radius 3 is 2.70 bits per heavy atom. The van der Waals surface area contributed by atoms with Crippen LogP contribution in [0.4, 0.5) is 0 Å². The molecule has 1 aliphatic heterocycles. The molecule has 0 bridgehead atoms. The first-order chi connectivity index (χ1) is 9.49. The fraction of sp³-hybridized carbons (Fsp3) is 0.875. The van der Waals surface area contributed by atoms with Gasteiger partial charge in [-0.25, -0.2) is 0 Å². The lowest BCUT2D eigenvalue weighted by Gasteiger charge is -2.24. The molecule has 2 saturated carbocycles. The molecule has 0 spiro atoms. The van der Waals surface area contributed by atoms with Gasteiger partial charge in [-0.05, 0) is 37.0 Å². The highest BCUT2D eigenvalue weighted by Gasteiger charge is 2.53. The smallest absolute Gasteiger partial charge is 0.223 e. The van der Waals surface area contributed by atoms with Gasteiger partial charge in [-0.3, -0.25) is 9.59 Å². The van der Waals surface area contributed by atoms with Crippen LogP contribution in [0.5, 0.6) is 0 Å². The van der Waals surface area contributed by atoms with Crippen LogP contribution in [0.15, 0.2) is 0 Å². The molecule has 4 heteroatoms. The number of carbonyl (C=O) groups is 2. The van der Waals surface area contributed by atoms with Gasteiger partial charge in [0.2, 0.25) is 11.8 Å². The number of hydrogen-bond acceptors (Lipinski definition) is 2. The van der Waals surface area contributed by atoms with Gasteiger partial charge in [0.15, 0.2) is 0 Å². The first-order valence-corrected chi connectivity index (χ1v) is 8.08. The molecule has 4 atom stereocenters. The van der Waals surface area contributed by atoms with Gasteiger partial charge in [-0.15, -0.1) is 0 Å². The Morgan fingerprint density at radius 1 is 1.40 bits per heavy atom. The lowest BCUT2D eigenvalue weighted by Crippen LogP contribution is -2.37. The number of carbonyl (C=O) groups excluding carboxylic acids is 2. The van der Waals surface area contributed by atoms with E-state index in [-0.39, 0.29) is 11.8 Å². The van der Waals surface area contributed by atoms with Gasteiger partial charge >= 0.3 is 0 Å². The van der Waals surface area contributed by atoms with Gasteiger partial charge in [-0.2, -0.15) is 0 Å². The highest BCUT2D eigenvalue weighted by atomic mass is 16.2. The number of nitrogens with zero attached hydrogens (tertiary/aromatic N) is 1. The van der Waals surface area contributed by atoms with E-state index in [1.165, 1.54) is 12.8 Å². The second-order valence-corrected chi connectivity index (χ2v) is 7.24. The average molecular weight is 278 g/mol. The summed E-state index contributed by atoms with van der Waals surface area (Å²) in [5.74, 6) is 2.06. The normalized spacial score (nSPS) is 36.6. The summed E-state index contributed by atoms with van der Waals surface area (Å²) in [6, 6.07) is 0.986. The van der Waals surface area contributed by atoms with E-state index in [0.717, 1.165) is 13.0 Å². The largest absolute Gasteiger partial charge is 0.356 e. The molecule has 0 aromatic carbocycles. The highest BCUT2D eigenvalue weighted by Crippen LogP contribution is 2.49. The molecular formula is C16H26N2O2. The lowest BCUT2D eigenvalue weighted by atomic mass is 9.88. The molecule has 0 radical (unpaired) electrons. The molecule has 0 aromatic rings. The zero-order valence-corrected chi connectivity index (χ0v) is 12.8. The predicted molar refractivity (Wildman–Crippen MR) is 76.9 cm³/mol. The Hall–Kier alpha value is -1.06. The summed E-state index contributed by atoms with van der Waals surface area (Å²) in [5, 5.41) is 3.07. The van der Waals surface area contributed by atoms with Crippen LogP contribution in [0.25, 0.3) is 0 Å². The van der Waals surface area contributed by atoms with E-state index in [1.54, 1.807) is 0 Å². The Bertz CT molecular complexity index is 417. The van der Waals surface area contributed by atoms with Crippen molar-refractivity contribution >= 4 is 11.8 Å². The Kier molecular flexibility index (Phi) is 3.51. The van der Waals surface area contributed by atoms with Crippen LogP contribution in [0.2, 0.25) is 0 Å². The first-order valence-electron chi connectivity index (χ1n) is 8.08. The molecule has 2 aliphatic carbocycles. The minimum Gasteiger partial charge on any atom is -0.356 e. The Morgan fingerprint density at radius 2 is 2.10 bits per heavy atom. The zero-order valence-electron chi connectivity index (χ0n) is 12.8. The van der Waals surface area contributed by atoms with Crippen molar-refractivity contribution < 1.29 is 9.59 Å². The van der Waals surface area contributed by atoms with Crippen LogP contribution in [0.1, 0.15) is 46.5 Å². The second kappa shape index (κ2) is 5.05. The number of hydrogen-bond donors (Lipinski definition) is 1. The summed E-state index contributed by atoms with van der Waals surface area (Å²) >= 11 is 0. The maximum atomic E-state index is 12.2. The maximum absolute atomic E-state index is 12.2. The van der Waals surface area contributed by atoms with E-state index in [0.29, 0.717) is 42.2 Å². The minimum absolute atomic E-state index is 0.0377. The maximum Gasteiger partial charge on any atom is 0.223 e. The summed E-state index contributed by atoms with van der Waals surface area (Å²) in [6.45, 7) is 6.86. The summed E-state index contributed by atoms with van der Waals surface area (Å²) < 4.78 is 0. The molecule has 3 fully saturated rings. The van der Waals surface area contributed by atoms with Crippen molar-refractivity contribution in [1.82, 2.24) is 10.2 Å².